The van der Waals surface area contributed by atoms with Crippen molar-refractivity contribution in [3.63, 3.8) is 0 Å². The van der Waals surface area contributed by atoms with Gasteiger partial charge in [-0.05, 0) is 0 Å². The molecule has 7 nitrogen and oxygen atoms in total. The van der Waals surface area contributed by atoms with E-state index in [4.69, 9.17) is 15.0 Å². The Morgan fingerprint density at radius 2 is 1.85 bits per heavy atom. The van der Waals surface area contributed by atoms with Crippen molar-refractivity contribution in [2.24, 2.45) is 0 Å². The summed E-state index contributed by atoms with van der Waals surface area (Å²) in [6.07, 6.45) is -3.59. The summed E-state index contributed by atoms with van der Waals surface area (Å²) in [5.74, 6) is -4.08. The first-order chi connectivity index (χ1) is 9.07. The molecule has 1 heterocycles. The van der Waals surface area contributed by atoms with Crippen LogP contribution in [0.2, 0.25) is 0 Å². The average Bonchev–Trinajstić information content (AvgIpc) is 2.75. The fourth-order valence-corrected chi connectivity index (χ4v) is 1.66. The zero-order valence-electron chi connectivity index (χ0n) is 10.5. The monoisotopic (exact) mass is 301 g/mol. The molecule has 0 amide bonds. The van der Waals surface area contributed by atoms with Gasteiger partial charge in [0.1, 0.15) is 5.97 Å². The zero-order valence-corrected chi connectivity index (χ0v) is 10.5. The van der Waals surface area contributed by atoms with Crippen LogP contribution in [0.15, 0.2) is 0 Å². The maximum absolute atomic E-state index is 11.0. The molecule has 0 aromatic carbocycles. The number of nitrogens with two attached hydrogens (primary N) is 1. The van der Waals surface area contributed by atoms with E-state index in [0.29, 0.717) is 6.42 Å². The number of carbonyl (C=O) groups excluding carboxylic acids is 2. The number of alkyl halides is 3. The van der Waals surface area contributed by atoms with Gasteiger partial charge in [0.25, 0.3) is 0 Å². The van der Waals surface area contributed by atoms with Crippen molar-refractivity contribution in [2.75, 3.05) is 7.11 Å². The number of ether oxygens (including phenoxy) is 1. The smallest absolute Gasteiger partial charge is 0.430 e. The second kappa shape index (κ2) is 7.68. The Bertz CT molecular complexity index is 370. The van der Waals surface area contributed by atoms with E-state index < -0.39 is 18.1 Å². The molecule has 116 valence electrons. The molecule has 20 heavy (non-hydrogen) atoms. The van der Waals surface area contributed by atoms with Gasteiger partial charge in [0.2, 0.25) is 0 Å². The minimum atomic E-state index is -5.19. The second-order valence-electron chi connectivity index (χ2n) is 4.04. The Morgan fingerprint density at radius 1 is 1.35 bits per heavy atom. The number of carboxylic acids is 2. The third-order valence-corrected chi connectivity index (χ3v) is 2.53. The number of quaternary nitrogens is 1. The molecule has 1 saturated heterocycles. The number of methoxy groups -OCH3 is 1. The second-order valence-corrected chi connectivity index (χ2v) is 4.04. The van der Waals surface area contributed by atoms with E-state index in [1.54, 1.807) is 5.32 Å². The number of aliphatic carboxylic acids is 2. The van der Waals surface area contributed by atoms with Crippen LogP contribution >= 0.6 is 0 Å². The van der Waals surface area contributed by atoms with E-state index in [0.717, 1.165) is 6.42 Å². The number of halogens is 3. The maximum atomic E-state index is 11.0. The van der Waals surface area contributed by atoms with Crippen LogP contribution < -0.4 is 10.4 Å². The van der Waals surface area contributed by atoms with E-state index in [1.165, 1.54) is 7.11 Å². The molecule has 0 radical (unpaired) electrons. The van der Waals surface area contributed by atoms with Gasteiger partial charge in [-0.3, -0.25) is 4.79 Å². The van der Waals surface area contributed by atoms with Crippen molar-refractivity contribution < 1.29 is 47.8 Å². The summed E-state index contributed by atoms with van der Waals surface area (Å²) >= 11 is 0. The van der Waals surface area contributed by atoms with Crippen LogP contribution in [0.25, 0.3) is 0 Å². The maximum Gasteiger partial charge on any atom is 0.430 e. The van der Waals surface area contributed by atoms with Gasteiger partial charge in [0.05, 0.1) is 19.6 Å². The first-order valence-electron chi connectivity index (χ1n) is 5.50. The van der Waals surface area contributed by atoms with Crippen molar-refractivity contribution >= 4 is 17.9 Å². The Balaban J connectivity index is 0.000000441. The Labute approximate surface area is 111 Å². The van der Waals surface area contributed by atoms with E-state index in [-0.39, 0.29) is 24.5 Å². The van der Waals surface area contributed by atoms with Crippen LogP contribution in [-0.2, 0) is 19.1 Å². The van der Waals surface area contributed by atoms with Crippen molar-refractivity contribution in [3.05, 3.63) is 0 Å². The molecule has 2 atom stereocenters. The highest BCUT2D eigenvalue weighted by Crippen LogP contribution is 2.11. The number of carbonyl (C=O) groups is 3. The Morgan fingerprint density at radius 3 is 2.20 bits per heavy atom. The van der Waals surface area contributed by atoms with Crippen molar-refractivity contribution in [1.29, 1.82) is 0 Å². The number of carboxylic acid groups (broad SMARTS) is 2. The Hall–Kier alpha value is -1.84. The van der Waals surface area contributed by atoms with Crippen LogP contribution in [0.1, 0.15) is 19.3 Å². The van der Waals surface area contributed by atoms with E-state index in [1.807, 2.05) is 0 Å². The lowest BCUT2D eigenvalue weighted by Crippen LogP contribution is -2.93. The van der Waals surface area contributed by atoms with E-state index >= 15 is 0 Å². The minimum absolute atomic E-state index is 0.0293. The number of esters is 1. The fourth-order valence-electron chi connectivity index (χ4n) is 1.66. The highest BCUT2D eigenvalue weighted by atomic mass is 19.4. The quantitative estimate of drug-likeness (QED) is 0.583. The topological polar surface area (TPSA) is 120 Å². The molecule has 1 aliphatic rings. The molecule has 0 aromatic rings. The number of hydrogen-bond acceptors (Lipinski definition) is 5. The molecule has 10 heteroatoms. The van der Waals surface area contributed by atoms with Gasteiger partial charge in [-0.25, -0.2) is 4.79 Å². The molecular weight excluding hydrogens is 287 g/mol. The molecule has 0 aromatic heterocycles. The number of rotatable bonds is 3. The summed E-state index contributed by atoms with van der Waals surface area (Å²) in [5, 5.41) is 19.1. The van der Waals surface area contributed by atoms with Gasteiger partial charge >= 0.3 is 18.1 Å². The standard InChI is InChI=1S/C8H13NO4.C2HF3O2/c1-13-8(12)6-3-2-5(9-6)4-7(10)11;3-2(4,5)1(6)7/h5-6,9H,2-4H2,1H3,(H,10,11);(H,6,7)/t5-,6-;/m0./s1. The fraction of sp³-hybridized carbons (Fsp3) is 0.700. The van der Waals surface area contributed by atoms with Crippen molar-refractivity contribution in [2.45, 2.75) is 37.5 Å². The summed E-state index contributed by atoms with van der Waals surface area (Å²) in [6, 6.07) is -0.170. The summed E-state index contributed by atoms with van der Waals surface area (Å²) in [6.45, 7) is 0. The summed E-state index contributed by atoms with van der Waals surface area (Å²) in [4.78, 5) is 30.2. The van der Waals surface area contributed by atoms with Gasteiger partial charge in [-0.1, -0.05) is 0 Å². The van der Waals surface area contributed by atoms with E-state index in [2.05, 4.69) is 4.74 Å². The van der Waals surface area contributed by atoms with Crippen LogP contribution in [0.5, 0.6) is 0 Å². The van der Waals surface area contributed by atoms with Crippen LogP contribution in [0, 0.1) is 0 Å². The zero-order chi connectivity index (χ0) is 15.9. The molecule has 0 saturated carbocycles. The Kier molecular flexibility index (Phi) is 6.97. The summed E-state index contributed by atoms with van der Waals surface area (Å²) in [5.41, 5.74) is 0. The summed E-state index contributed by atoms with van der Waals surface area (Å²) in [7, 11) is 1.35. The van der Waals surface area contributed by atoms with Crippen molar-refractivity contribution in [1.82, 2.24) is 0 Å². The van der Waals surface area contributed by atoms with Crippen LogP contribution in [0.3, 0.4) is 0 Å². The van der Waals surface area contributed by atoms with Gasteiger partial charge < -0.3 is 25.1 Å². The predicted octanol–water partition coefficient (Wildman–Crippen LogP) is -1.97. The molecular formula is C10H14F3NO6. The molecule has 1 aliphatic heterocycles. The molecule has 0 spiro atoms. The molecule has 1 fully saturated rings. The molecule has 1 rings (SSSR count). The average molecular weight is 301 g/mol. The van der Waals surface area contributed by atoms with Crippen LogP contribution in [-0.4, -0.2) is 48.4 Å². The highest BCUT2D eigenvalue weighted by molar-refractivity contribution is 5.74. The van der Waals surface area contributed by atoms with E-state index in [9.17, 15) is 22.8 Å². The first-order valence-corrected chi connectivity index (χ1v) is 5.50. The lowest BCUT2D eigenvalue weighted by molar-refractivity contribution is -0.690. The normalized spacial score (nSPS) is 21.6. The molecule has 0 unspecified atom stereocenters. The third-order valence-electron chi connectivity index (χ3n) is 2.53. The van der Waals surface area contributed by atoms with Crippen LogP contribution in [0.4, 0.5) is 13.2 Å². The third kappa shape index (κ3) is 6.92. The predicted molar refractivity (Wildman–Crippen MR) is 54.1 cm³/mol. The highest BCUT2D eigenvalue weighted by Gasteiger charge is 2.35. The van der Waals surface area contributed by atoms with Gasteiger partial charge in [-0.15, -0.1) is 0 Å². The first kappa shape index (κ1) is 18.2. The molecule has 3 N–H and O–H groups in total. The lowest BCUT2D eigenvalue weighted by atomic mass is 10.1. The lowest BCUT2D eigenvalue weighted by Gasteiger charge is -2.07. The molecule has 0 aliphatic carbocycles. The number of hydrogen-bond donors (Lipinski definition) is 2. The minimum Gasteiger partial charge on any atom is -0.542 e. The van der Waals surface area contributed by atoms with Gasteiger partial charge in [-0.2, -0.15) is 13.2 Å². The van der Waals surface area contributed by atoms with Gasteiger partial charge in [0.15, 0.2) is 6.04 Å². The SMILES string of the molecule is COC(=O)[C@@H]1CC[C@@H](CC(=O)O)[NH2+]1.O=C([O-])C(F)(F)F. The largest absolute Gasteiger partial charge is 0.542 e. The summed E-state index contributed by atoms with van der Waals surface area (Å²) < 4.78 is 36.1. The van der Waals surface area contributed by atoms with Crippen molar-refractivity contribution in [3.8, 4) is 0 Å². The molecule has 0 bridgehead atoms. The van der Waals surface area contributed by atoms with Gasteiger partial charge in [0, 0.05) is 12.8 Å².